The van der Waals surface area contributed by atoms with Crippen molar-refractivity contribution >= 4 is 10.8 Å². The molecule has 1 aliphatic rings. The van der Waals surface area contributed by atoms with E-state index in [1.807, 2.05) is 6.92 Å². The van der Waals surface area contributed by atoms with Crippen LogP contribution in [-0.4, -0.2) is 36.7 Å². The van der Waals surface area contributed by atoms with Gasteiger partial charge in [0.25, 0.3) is 0 Å². The van der Waals surface area contributed by atoms with Crippen molar-refractivity contribution in [2.45, 2.75) is 32.0 Å². The fraction of sp³-hybridized carbons (Fsp3) is 0.444. The Morgan fingerprint density at radius 2 is 1.90 bits per heavy atom. The van der Waals surface area contributed by atoms with Crippen LogP contribution < -0.4 is 5.73 Å². The standard InChI is InChI=1S/C18H24N2O/c1-13(19)18-12-20(10-11-21-18)14(2)16-9-5-7-15-6-3-4-8-17(15)16/h3-9,13-14,18H,10-12,19H2,1-2H3. The highest BCUT2D eigenvalue weighted by molar-refractivity contribution is 5.86. The zero-order valence-electron chi connectivity index (χ0n) is 12.8. The maximum absolute atomic E-state index is 6.01. The second kappa shape index (κ2) is 6.14. The molecule has 0 aliphatic carbocycles. The highest BCUT2D eigenvalue weighted by Crippen LogP contribution is 2.29. The van der Waals surface area contributed by atoms with Crippen LogP contribution in [0.2, 0.25) is 0 Å². The minimum absolute atomic E-state index is 0.0764. The Labute approximate surface area is 126 Å². The molecule has 0 radical (unpaired) electrons. The summed E-state index contributed by atoms with van der Waals surface area (Å²) in [5, 5.41) is 2.65. The normalized spacial score (nSPS) is 23.1. The molecule has 0 amide bonds. The van der Waals surface area contributed by atoms with E-state index in [1.54, 1.807) is 0 Å². The monoisotopic (exact) mass is 284 g/mol. The van der Waals surface area contributed by atoms with Crippen molar-refractivity contribution < 1.29 is 4.74 Å². The molecule has 3 nitrogen and oxygen atoms in total. The zero-order valence-corrected chi connectivity index (χ0v) is 12.8. The quantitative estimate of drug-likeness (QED) is 0.942. The summed E-state index contributed by atoms with van der Waals surface area (Å²) >= 11 is 0. The lowest BCUT2D eigenvalue weighted by molar-refractivity contribution is -0.0496. The number of nitrogens with two attached hydrogens (primary N) is 1. The molecule has 2 N–H and O–H groups in total. The largest absolute Gasteiger partial charge is 0.374 e. The average Bonchev–Trinajstić information content (AvgIpc) is 2.53. The fourth-order valence-electron chi connectivity index (χ4n) is 3.18. The Bertz CT molecular complexity index is 606. The van der Waals surface area contributed by atoms with Crippen LogP contribution in [0.1, 0.15) is 25.5 Å². The summed E-state index contributed by atoms with van der Waals surface area (Å²) in [5.41, 5.74) is 7.39. The molecule has 3 rings (SSSR count). The Morgan fingerprint density at radius 1 is 1.14 bits per heavy atom. The average molecular weight is 284 g/mol. The Balaban J connectivity index is 1.88. The van der Waals surface area contributed by atoms with Crippen molar-refractivity contribution in [1.82, 2.24) is 4.90 Å². The highest BCUT2D eigenvalue weighted by atomic mass is 16.5. The molecule has 1 heterocycles. The first-order valence-corrected chi connectivity index (χ1v) is 7.75. The minimum Gasteiger partial charge on any atom is -0.374 e. The number of benzene rings is 2. The lowest BCUT2D eigenvalue weighted by Gasteiger charge is -2.38. The van der Waals surface area contributed by atoms with Crippen molar-refractivity contribution in [3.63, 3.8) is 0 Å². The molecular weight excluding hydrogens is 260 g/mol. The Hall–Kier alpha value is -1.42. The van der Waals surface area contributed by atoms with Crippen LogP contribution in [0.15, 0.2) is 42.5 Å². The van der Waals surface area contributed by atoms with E-state index >= 15 is 0 Å². The smallest absolute Gasteiger partial charge is 0.0850 e. The van der Waals surface area contributed by atoms with Crippen LogP contribution in [0.3, 0.4) is 0 Å². The maximum atomic E-state index is 6.01. The molecule has 3 heteroatoms. The number of fused-ring (bicyclic) bond motifs is 1. The summed E-state index contributed by atoms with van der Waals surface area (Å²) in [6, 6.07) is 15.6. The van der Waals surface area contributed by atoms with Gasteiger partial charge in [-0.1, -0.05) is 42.5 Å². The molecule has 3 unspecified atom stereocenters. The summed E-state index contributed by atoms with van der Waals surface area (Å²) in [6.07, 6.45) is 0.135. The van der Waals surface area contributed by atoms with E-state index in [0.29, 0.717) is 6.04 Å². The lowest BCUT2D eigenvalue weighted by atomic mass is 9.98. The first-order valence-electron chi connectivity index (χ1n) is 7.75. The van der Waals surface area contributed by atoms with Gasteiger partial charge < -0.3 is 10.5 Å². The predicted octanol–water partition coefficient (Wildman–Crippen LogP) is 2.95. The van der Waals surface area contributed by atoms with Crippen LogP contribution in [0, 0.1) is 0 Å². The topological polar surface area (TPSA) is 38.5 Å². The molecule has 112 valence electrons. The Kier molecular flexibility index (Phi) is 4.24. The molecule has 1 saturated heterocycles. The van der Waals surface area contributed by atoms with Crippen LogP contribution >= 0.6 is 0 Å². The van der Waals surface area contributed by atoms with E-state index in [9.17, 15) is 0 Å². The van der Waals surface area contributed by atoms with Crippen molar-refractivity contribution in [3.8, 4) is 0 Å². The third-order valence-electron chi connectivity index (χ3n) is 4.53. The molecular formula is C18H24N2O. The molecule has 2 aromatic carbocycles. The van der Waals surface area contributed by atoms with E-state index < -0.39 is 0 Å². The zero-order chi connectivity index (χ0) is 14.8. The lowest BCUT2D eigenvalue weighted by Crippen LogP contribution is -2.50. The van der Waals surface area contributed by atoms with Gasteiger partial charge in [-0.2, -0.15) is 0 Å². The van der Waals surface area contributed by atoms with Gasteiger partial charge in [0.2, 0.25) is 0 Å². The first-order chi connectivity index (χ1) is 10.2. The molecule has 0 spiro atoms. The molecule has 21 heavy (non-hydrogen) atoms. The number of rotatable bonds is 3. The van der Waals surface area contributed by atoms with Gasteiger partial charge in [0.15, 0.2) is 0 Å². The highest BCUT2D eigenvalue weighted by Gasteiger charge is 2.27. The van der Waals surface area contributed by atoms with Crippen LogP contribution in [0.25, 0.3) is 10.8 Å². The van der Waals surface area contributed by atoms with Crippen LogP contribution in [0.5, 0.6) is 0 Å². The Morgan fingerprint density at radius 3 is 2.71 bits per heavy atom. The van der Waals surface area contributed by atoms with Gasteiger partial charge in [-0.3, -0.25) is 4.90 Å². The third-order valence-corrected chi connectivity index (χ3v) is 4.53. The van der Waals surface area contributed by atoms with Gasteiger partial charge in [0.05, 0.1) is 12.7 Å². The van der Waals surface area contributed by atoms with Gasteiger partial charge in [-0.25, -0.2) is 0 Å². The van der Waals surface area contributed by atoms with Crippen LogP contribution in [-0.2, 0) is 4.74 Å². The summed E-state index contributed by atoms with van der Waals surface area (Å²) in [4.78, 5) is 2.49. The van der Waals surface area contributed by atoms with E-state index in [1.165, 1.54) is 16.3 Å². The second-order valence-corrected chi connectivity index (χ2v) is 6.01. The van der Waals surface area contributed by atoms with E-state index in [4.69, 9.17) is 10.5 Å². The van der Waals surface area contributed by atoms with Gasteiger partial charge in [0.1, 0.15) is 0 Å². The second-order valence-electron chi connectivity index (χ2n) is 6.01. The molecule has 2 aromatic rings. The van der Waals surface area contributed by atoms with Gasteiger partial charge in [0, 0.05) is 25.2 Å². The molecule has 0 aromatic heterocycles. The van der Waals surface area contributed by atoms with Crippen molar-refractivity contribution in [1.29, 1.82) is 0 Å². The number of hydrogen-bond acceptors (Lipinski definition) is 3. The van der Waals surface area contributed by atoms with E-state index in [-0.39, 0.29) is 12.1 Å². The predicted molar refractivity (Wildman–Crippen MR) is 87.3 cm³/mol. The number of hydrogen-bond donors (Lipinski definition) is 1. The number of ether oxygens (including phenoxy) is 1. The van der Waals surface area contributed by atoms with Gasteiger partial charge in [-0.15, -0.1) is 0 Å². The third kappa shape index (κ3) is 2.95. The number of nitrogens with zero attached hydrogens (tertiary/aromatic N) is 1. The first kappa shape index (κ1) is 14.5. The minimum atomic E-state index is 0.0764. The summed E-state index contributed by atoms with van der Waals surface area (Å²) < 4.78 is 5.78. The van der Waals surface area contributed by atoms with E-state index in [0.717, 1.165) is 19.7 Å². The fourth-order valence-corrected chi connectivity index (χ4v) is 3.18. The van der Waals surface area contributed by atoms with Gasteiger partial charge in [-0.05, 0) is 30.2 Å². The van der Waals surface area contributed by atoms with Crippen molar-refractivity contribution in [2.75, 3.05) is 19.7 Å². The number of morpholine rings is 1. The molecule has 0 bridgehead atoms. The van der Waals surface area contributed by atoms with Gasteiger partial charge >= 0.3 is 0 Å². The maximum Gasteiger partial charge on any atom is 0.0850 e. The van der Waals surface area contributed by atoms with Crippen molar-refractivity contribution in [2.24, 2.45) is 5.73 Å². The van der Waals surface area contributed by atoms with Crippen molar-refractivity contribution in [3.05, 3.63) is 48.0 Å². The molecule has 1 aliphatic heterocycles. The molecule has 0 saturated carbocycles. The van der Waals surface area contributed by atoms with Crippen LogP contribution in [0.4, 0.5) is 0 Å². The summed E-state index contributed by atoms with van der Waals surface area (Å²) in [5.74, 6) is 0. The van der Waals surface area contributed by atoms with E-state index in [2.05, 4.69) is 54.3 Å². The molecule has 1 fully saturated rings. The molecule has 3 atom stereocenters. The summed E-state index contributed by atoms with van der Waals surface area (Å²) in [6.45, 7) is 6.94. The SMILES string of the molecule is CC(N)C1CN(C(C)c2cccc3ccccc23)CCO1. The summed E-state index contributed by atoms with van der Waals surface area (Å²) in [7, 11) is 0.